The lowest BCUT2D eigenvalue weighted by Crippen LogP contribution is -2.31. The SMILES string of the molecule is CS(=O)(=O)OCCCCOc1ccc2c(n1)CC(=O)NCC2.O=C1Cc2nc(OCCCCO)ccc2CCN1.O=C1NCCc2ccc(OCCCCN3CCc4ccccc4C3)nc2N1. The smallest absolute Gasteiger partial charge is 0.320 e. The van der Waals surface area contributed by atoms with Crippen molar-refractivity contribution in [2.45, 2.75) is 83.6 Å². The quantitative estimate of drug-likeness (QED) is 0.0705. The van der Waals surface area contributed by atoms with Gasteiger partial charge in [0.2, 0.25) is 29.5 Å². The second-order valence-corrected chi connectivity index (χ2v) is 18.2. The Kier molecular flexibility index (Phi) is 19.9. The average Bonchev–Trinajstić information content (AvgIpc) is 3.71. The summed E-state index contributed by atoms with van der Waals surface area (Å²) in [6.07, 6.45) is 10.0. The molecule has 362 valence electrons. The Bertz CT molecular complexity index is 2370. The summed E-state index contributed by atoms with van der Waals surface area (Å²) in [5, 5.41) is 19.8. The van der Waals surface area contributed by atoms with Gasteiger partial charge in [-0.15, -0.1) is 0 Å². The number of carbonyl (C=O) groups excluding carboxylic acids is 3. The van der Waals surface area contributed by atoms with E-state index in [2.05, 4.69) is 69.6 Å². The normalized spacial score (nSPS) is 15.5. The molecule has 8 rings (SSSR count). The van der Waals surface area contributed by atoms with E-state index in [1.54, 1.807) is 6.07 Å². The number of ether oxygens (including phenoxy) is 3. The van der Waals surface area contributed by atoms with Crippen molar-refractivity contribution in [3.8, 4) is 17.6 Å². The zero-order chi connectivity index (χ0) is 47.3. The van der Waals surface area contributed by atoms with Gasteiger partial charge in [-0.25, -0.2) is 14.8 Å². The second kappa shape index (κ2) is 26.4. The van der Waals surface area contributed by atoms with E-state index in [1.807, 2.05) is 30.3 Å². The molecular weight excluding hydrogens is 881 g/mol. The van der Waals surface area contributed by atoms with Crippen LogP contribution in [0.15, 0.2) is 60.7 Å². The number of fused-ring (bicyclic) bond motifs is 4. The Hall–Kier alpha value is -5.89. The molecule has 0 fully saturated rings. The van der Waals surface area contributed by atoms with Crippen LogP contribution in [0.2, 0.25) is 0 Å². The van der Waals surface area contributed by atoms with Crippen molar-refractivity contribution in [3.63, 3.8) is 0 Å². The topological polar surface area (TPSA) is 233 Å². The molecule has 0 saturated heterocycles. The third-order valence-electron chi connectivity index (χ3n) is 11.3. The maximum absolute atomic E-state index is 11.6. The van der Waals surface area contributed by atoms with Gasteiger partial charge in [0.1, 0.15) is 5.82 Å². The molecular formula is C48H64N8O10S. The minimum absolute atomic E-state index is 0.0127. The predicted octanol–water partition coefficient (Wildman–Crippen LogP) is 3.86. The van der Waals surface area contributed by atoms with Gasteiger partial charge in [-0.3, -0.25) is 24.0 Å². The molecule has 1 aromatic carbocycles. The first kappa shape index (κ1) is 50.5. The van der Waals surface area contributed by atoms with Crippen molar-refractivity contribution in [3.05, 3.63) is 99.9 Å². The molecule has 7 heterocycles. The number of aliphatic hydroxyl groups excluding tert-OH is 1. The van der Waals surface area contributed by atoms with Gasteiger partial charge in [-0.2, -0.15) is 13.4 Å². The Morgan fingerprint density at radius 2 is 1.12 bits per heavy atom. The first-order valence-corrected chi connectivity index (χ1v) is 25.0. The number of nitrogens with zero attached hydrogens (tertiary/aromatic N) is 4. The van der Waals surface area contributed by atoms with Gasteiger partial charge in [-0.05, 0) is 105 Å². The molecule has 0 unspecified atom stereocenters. The van der Waals surface area contributed by atoms with Crippen LogP contribution >= 0.6 is 0 Å². The maximum Gasteiger partial charge on any atom is 0.320 e. The number of urea groups is 1. The average molecular weight is 945 g/mol. The van der Waals surface area contributed by atoms with Gasteiger partial charge in [0, 0.05) is 57.5 Å². The molecule has 0 saturated carbocycles. The van der Waals surface area contributed by atoms with Gasteiger partial charge in [0.15, 0.2) is 0 Å². The van der Waals surface area contributed by atoms with Gasteiger partial charge < -0.3 is 35.3 Å². The lowest BCUT2D eigenvalue weighted by molar-refractivity contribution is -0.121. The number of aliphatic hydroxyl groups is 1. The van der Waals surface area contributed by atoms with Gasteiger partial charge in [-0.1, -0.05) is 36.4 Å². The summed E-state index contributed by atoms with van der Waals surface area (Å²) < 4.78 is 43.0. The van der Waals surface area contributed by atoms with Crippen LogP contribution in [0.5, 0.6) is 17.6 Å². The van der Waals surface area contributed by atoms with E-state index >= 15 is 0 Å². The number of benzene rings is 1. The summed E-state index contributed by atoms with van der Waals surface area (Å²) in [5.41, 5.74) is 7.73. The van der Waals surface area contributed by atoms with E-state index in [0.717, 1.165) is 105 Å². The number of nitrogens with one attached hydrogen (secondary N) is 4. The molecule has 4 aromatic rings. The molecule has 19 heteroatoms. The minimum atomic E-state index is -3.37. The summed E-state index contributed by atoms with van der Waals surface area (Å²) in [7, 11) is -3.37. The molecule has 0 atom stereocenters. The summed E-state index contributed by atoms with van der Waals surface area (Å²) in [6, 6.07) is 19.9. The van der Waals surface area contributed by atoms with Crippen LogP contribution in [0.25, 0.3) is 0 Å². The number of pyridine rings is 3. The number of carbonyl (C=O) groups is 3. The molecule has 3 aromatic heterocycles. The standard InChI is InChI=1S/C21H26N4O2.C14H20N2O5S.C13H18N2O3/c26-21-22-11-9-17-7-8-19(23-20(17)24-21)27-14-4-3-12-25-13-10-16-5-1-2-6-18(16)15-25;1-22(18,19)21-9-3-2-8-20-14-5-4-11-6-7-15-13(17)10-12(11)16-14;16-7-1-2-8-18-13-4-3-10-5-6-14-12(17)9-11(10)15-13/h1-2,5-8H,3-4,9-15H2,(H2,22,23,24,26);4-5H,2-3,6-10H2,1H3,(H,15,17);3-4,16H,1-2,5-9H2,(H,14,17). The van der Waals surface area contributed by atoms with E-state index in [9.17, 15) is 22.8 Å². The largest absolute Gasteiger partial charge is 0.478 e. The molecule has 4 aliphatic heterocycles. The van der Waals surface area contributed by atoms with E-state index in [1.165, 1.54) is 11.1 Å². The van der Waals surface area contributed by atoms with Crippen LogP contribution in [-0.4, -0.2) is 123 Å². The van der Waals surface area contributed by atoms with Crippen LogP contribution in [0.1, 0.15) is 77.7 Å². The van der Waals surface area contributed by atoms with E-state index in [-0.39, 0.29) is 37.5 Å². The zero-order valence-corrected chi connectivity index (χ0v) is 39.2. The van der Waals surface area contributed by atoms with Crippen molar-refractivity contribution >= 4 is 33.8 Å². The van der Waals surface area contributed by atoms with Crippen LogP contribution < -0.4 is 35.5 Å². The maximum atomic E-state index is 11.6. The summed E-state index contributed by atoms with van der Waals surface area (Å²) in [6.45, 7) is 7.15. The number of aromatic nitrogens is 3. The van der Waals surface area contributed by atoms with Crippen molar-refractivity contribution in [1.82, 2.24) is 35.8 Å². The van der Waals surface area contributed by atoms with E-state index in [4.69, 9.17) is 19.3 Å². The fraction of sp³-hybridized carbons (Fsp3) is 0.500. The highest BCUT2D eigenvalue weighted by Gasteiger charge is 2.18. The fourth-order valence-electron chi connectivity index (χ4n) is 7.71. The van der Waals surface area contributed by atoms with Crippen LogP contribution in [0.3, 0.4) is 0 Å². The summed E-state index contributed by atoms with van der Waals surface area (Å²) >= 11 is 0. The Morgan fingerprint density at radius 3 is 1.73 bits per heavy atom. The van der Waals surface area contributed by atoms with Crippen molar-refractivity contribution < 1.29 is 46.3 Å². The van der Waals surface area contributed by atoms with Crippen LogP contribution in [-0.2, 0) is 69.0 Å². The number of rotatable bonds is 18. The van der Waals surface area contributed by atoms with Crippen LogP contribution in [0, 0.1) is 0 Å². The molecule has 4 aliphatic rings. The molecule has 0 bridgehead atoms. The summed E-state index contributed by atoms with van der Waals surface area (Å²) in [5.74, 6) is 2.20. The predicted molar refractivity (Wildman–Crippen MR) is 252 cm³/mol. The van der Waals surface area contributed by atoms with Gasteiger partial charge in [0.05, 0.1) is 56.9 Å². The third-order valence-corrected chi connectivity index (χ3v) is 11.9. The number of unbranched alkanes of at least 4 members (excludes halogenated alkanes) is 3. The van der Waals surface area contributed by atoms with Crippen molar-refractivity contribution in [1.29, 1.82) is 0 Å². The van der Waals surface area contributed by atoms with Crippen molar-refractivity contribution in [2.75, 3.05) is 77.3 Å². The Balaban J connectivity index is 0.000000170. The first-order chi connectivity index (χ1) is 32.5. The van der Waals surface area contributed by atoms with Crippen LogP contribution in [0.4, 0.5) is 10.6 Å². The zero-order valence-electron chi connectivity index (χ0n) is 38.4. The second-order valence-electron chi connectivity index (χ2n) is 16.6. The fourth-order valence-corrected chi connectivity index (χ4v) is 8.13. The van der Waals surface area contributed by atoms with E-state index in [0.29, 0.717) is 82.2 Å². The highest BCUT2D eigenvalue weighted by molar-refractivity contribution is 7.85. The summed E-state index contributed by atoms with van der Waals surface area (Å²) in [4.78, 5) is 50.2. The Labute approximate surface area is 393 Å². The van der Waals surface area contributed by atoms with Gasteiger partial charge in [0.25, 0.3) is 10.1 Å². The number of amides is 4. The lowest BCUT2D eigenvalue weighted by atomic mass is 10.00. The molecule has 0 spiro atoms. The van der Waals surface area contributed by atoms with Crippen molar-refractivity contribution in [2.24, 2.45) is 0 Å². The Morgan fingerprint density at radius 1 is 0.597 bits per heavy atom. The lowest BCUT2D eigenvalue weighted by Gasteiger charge is -2.28. The highest BCUT2D eigenvalue weighted by atomic mass is 32.2. The highest BCUT2D eigenvalue weighted by Crippen LogP contribution is 2.22. The number of hydrogen-bond acceptors (Lipinski definition) is 14. The number of hydrogen-bond donors (Lipinski definition) is 5. The third kappa shape index (κ3) is 17.7. The minimum Gasteiger partial charge on any atom is -0.478 e. The van der Waals surface area contributed by atoms with Gasteiger partial charge >= 0.3 is 6.03 Å². The monoisotopic (exact) mass is 944 g/mol. The number of anilines is 1. The molecule has 4 amide bonds. The molecule has 0 radical (unpaired) electrons. The molecule has 18 nitrogen and oxygen atoms in total. The molecule has 0 aliphatic carbocycles. The first-order valence-electron chi connectivity index (χ1n) is 23.2. The van der Waals surface area contributed by atoms with E-state index < -0.39 is 10.1 Å². The molecule has 67 heavy (non-hydrogen) atoms. The molecule has 5 N–H and O–H groups in total.